The number of likely N-dealkylation sites (N-methyl/N-ethyl adjacent to an activating group) is 1. The van der Waals surface area contributed by atoms with Gasteiger partial charge in [-0.2, -0.15) is 0 Å². The molecule has 138 valence electrons. The molecular formula is C19H21ClN2O3S. The molecule has 0 unspecified atom stereocenters. The summed E-state index contributed by atoms with van der Waals surface area (Å²) in [4.78, 5) is 2.23. The molecular weight excluding hydrogens is 372 g/mol. The van der Waals surface area contributed by atoms with Crippen molar-refractivity contribution in [3.63, 3.8) is 0 Å². The Labute approximate surface area is 158 Å². The van der Waals surface area contributed by atoms with E-state index < -0.39 is 10.0 Å². The standard InChI is InChI=1S/C19H21ClN2O3S/c1-21(2)10-9-14-13-22(19-8-7-16(25-3)12-18(14)19)26(23,24)17-6-4-5-15(20)11-17/h4-8,11-13H,9-10H2,1-3H3. The average Bonchev–Trinajstić information content (AvgIpc) is 2.98. The summed E-state index contributed by atoms with van der Waals surface area (Å²) in [7, 11) is 1.83. The average molecular weight is 393 g/mol. The lowest BCUT2D eigenvalue weighted by Gasteiger charge is -2.08. The van der Waals surface area contributed by atoms with E-state index in [1.54, 1.807) is 43.6 Å². The molecule has 2 aromatic carbocycles. The lowest BCUT2D eigenvalue weighted by atomic mass is 10.1. The first-order valence-electron chi connectivity index (χ1n) is 8.17. The highest BCUT2D eigenvalue weighted by Gasteiger charge is 2.22. The van der Waals surface area contributed by atoms with Crippen molar-refractivity contribution in [3.05, 3.63) is 59.2 Å². The zero-order valence-electron chi connectivity index (χ0n) is 14.9. The molecule has 1 aromatic heterocycles. The lowest BCUT2D eigenvalue weighted by Crippen LogP contribution is -2.15. The summed E-state index contributed by atoms with van der Waals surface area (Å²) in [5, 5.41) is 1.26. The van der Waals surface area contributed by atoms with E-state index in [0.717, 1.165) is 23.9 Å². The van der Waals surface area contributed by atoms with Crippen molar-refractivity contribution in [2.24, 2.45) is 0 Å². The van der Waals surface area contributed by atoms with Crippen molar-refractivity contribution in [1.29, 1.82) is 0 Å². The van der Waals surface area contributed by atoms with Crippen molar-refractivity contribution in [3.8, 4) is 5.75 Å². The number of fused-ring (bicyclic) bond motifs is 1. The first-order valence-corrected chi connectivity index (χ1v) is 9.98. The van der Waals surface area contributed by atoms with Gasteiger partial charge in [-0.05, 0) is 62.5 Å². The molecule has 0 aliphatic carbocycles. The number of rotatable bonds is 6. The zero-order valence-corrected chi connectivity index (χ0v) is 16.5. The van der Waals surface area contributed by atoms with Crippen molar-refractivity contribution < 1.29 is 13.2 Å². The molecule has 3 rings (SSSR count). The van der Waals surface area contributed by atoms with Crippen LogP contribution in [-0.4, -0.2) is 45.0 Å². The van der Waals surface area contributed by atoms with Gasteiger partial charge in [0.15, 0.2) is 0 Å². The molecule has 7 heteroatoms. The van der Waals surface area contributed by atoms with Gasteiger partial charge in [0.05, 0.1) is 17.5 Å². The van der Waals surface area contributed by atoms with E-state index in [9.17, 15) is 8.42 Å². The molecule has 0 fully saturated rings. The summed E-state index contributed by atoms with van der Waals surface area (Å²) in [6, 6.07) is 11.7. The van der Waals surface area contributed by atoms with Gasteiger partial charge in [0.2, 0.25) is 0 Å². The van der Waals surface area contributed by atoms with Gasteiger partial charge in [0.1, 0.15) is 5.75 Å². The quantitative estimate of drug-likeness (QED) is 0.642. The molecule has 3 aromatic rings. The van der Waals surface area contributed by atoms with E-state index in [-0.39, 0.29) is 4.90 Å². The van der Waals surface area contributed by atoms with Crippen LogP contribution in [0.3, 0.4) is 0 Å². The van der Waals surface area contributed by atoms with Crippen molar-refractivity contribution >= 4 is 32.5 Å². The van der Waals surface area contributed by atoms with E-state index in [2.05, 4.69) is 4.90 Å². The second-order valence-electron chi connectivity index (χ2n) is 6.35. The maximum absolute atomic E-state index is 13.2. The van der Waals surface area contributed by atoms with Gasteiger partial charge in [0.25, 0.3) is 10.0 Å². The molecule has 0 N–H and O–H groups in total. The second-order valence-corrected chi connectivity index (χ2v) is 8.60. The van der Waals surface area contributed by atoms with Crippen molar-refractivity contribution in [2.75, 3.05) is 27.7 Å². The third kappa shape index (κ3) is 3.58. The van der Waals surface area contributed by atoms with E-state index in [4.69, 9.17) is 16.3 Å². The van der Waals surface area contributed by atoms with E-state index in [1.165, 1.54) is 10.0 Å². The number of aromatic nitrogens is 1. The Morgan fingerprint density at radius 2 is 1.92 bits per heavy atom. The van der Waals surface area contributed by atoms with Gasteiger partial charge in [-0.3, -0.25) is 0 Å². The summed E-state index contributed by atoms with van der Waals surface area (Å²) in [6.07, 6.45) is 2.43. The maximum Gasteiger partial charge on any atom is 0.268 e. The maximum atomic E-state index is 13.2. The lowest BCUT2D eigenvalue weighted by molar-refractivity contribution is 0.413. The topological polar surface area (TPSA) is 51.5 Å². The fourth-order valence-corrected chi connectivity index (χ4v) is 4.55. The highest BCUT2D eigenvalue weighted by molar-refractivity contribution is 7.90. The SMILES string of the molecule is COc1ccc2c(c1)c(CCN(C)C)cn2S(=O)(=O)c1cccc(Cl)c1. The summed E-state index contributed by atoms with van der Waals surface area (Å²) in [6.45, 7) is 0.813. The third-order valence-electron chi connectivity index (χ3n) is 4.24. The van der Waals surface area contributed by atoms with Crippen LogP contribution in [0.5, 0.6) is 5.75 Å². The molecule has 0 amide bonds. The molecule has 26 heavy (non-hydrogen) atoms. The Bertz CT molecular complexity index is 1040. The Kier molecular flexibility index (Phi) is 5.27. The van der Waals surface area contributed by atoms with Gasteiger partial charge in [-0.1, -0.05) is 17.7 Å². The Morgan fingerprint density at radius 3 is 2.58 bits per heavy atom. The van der Waals surface area contributed by atoms with E-state index in [0.29, 0.717) is 16.3 Å². The van der Waals surface area contributed by atoms with Crippen LogP contribution in [0.1, 0.15) is 5.56 Å². The Balaban J connectivity index is 2.19. The first-order chi connectivity index (χ1) is 12.3. The summed E-state index contributed by atoms with van der Waals surface area (Å²) < 4.78 is 33.0. The number of hydrogen-bond acceptors (Lipinski definition) is 4. The predicted octanol–water partition coefficient (Wildman–Crippen LogP) is 3.64. The number of ether oxygens (including phenoxy) is 1. The van der Waals surface area contributed by atoms with Crippen LogP contribution in [0.15, 0.2) is 53.6 Å². The number of halogens is 1. The van der Waals surface area contributed by atoms with Gasteiger partial charge in [0, 0.05) is 23.2 Å². The number of methoxy groups -OCH3 is 1. The van der Waals surface area contributed by atoms with Crippen LogP contribution in [0.2, 0.25) is 5.02 Å². The molecule has 0 bridgehead atoms. The third-order valence-corrected chi connectivity index (χ3v) is 6.15. The largest absolute Gasteiger partial charge is 0.497 e. The molecule has 0 atom stereocenters. The van der Waals surface area contributed by atoms with Crippen molar-refractivity contribution in [1.82, 2.24) is 8.87 Å². The molecule has 0 aliphatic heterocycles. The van der Waals surface area contributed by atoms with Gasteiger partial charge >= 0.3 is 0 Å². The van der Waals surface area contributed by atoms with Crippen LogP contribution in [0, 0.1) is 0 Å². The number of benzene rings is 2. The van der Waals surface area contributed by atoms with E-state index in [1.807, 2.05) is 20.2 Å². The number of nitrogens with zero attached hydrogens (tertiary/aromatic N) is 2. The van der Waals surface area contributed by atoms with Crippen molar-refractivity contribution in [2.45, 2.75) is 11.3 Å². The van der Waals surface area contributed by atoms with E-state index >= 15 is 0 Å². The molecule has 1 heterocycles. The molecule has 0 radical (unpaired) electrons. The molecule has 0 saturated carbocycles. The minimum absolute atomic E-state index is 0.164. The van der Waals surface area contributed by atoms with Crippen LogP contribution in [0.4, 0.5) is 0 Å². The fraction of sp³-hybridized carbons (Fsp3) is 0.263. The van der Waals surface area contributed by atoms with Gasteiger partial charge in [-0.25, -0.2) is 12.4 Å². The van der Waals surface area contributed by atoms with Crippen LogP contribution < -0.4 is 4.74 Å². The number of hydrogen-bond donors (Lipinski definition) is 0. The molecule has 0 saturated heterocycles. The summed E-state index contributed by atoms with van der Waals surface area (Å²) in [5.74, 6) is 0.696. The second kappa shape index (κ2) is 7.31. The minimum Gasteiger partial charge on any atom is -0.497 e. The van der Waals surface area contributed by atoms with Crippen LogP contribution in [-0.2, 0) is 16.4 Å². The summed E-state index contributed by atoms with van der Waals surface area (Å²) >= 11 is 5.99. The first kappa shape index (κ1) is 18.8. The predicted molar refractivity (Wildman–Crippen MR) is 105 cm³/mol. The molecule has 0 spiro atoms. The van der Waals surface area contributed by atoms with Gasteiger partial charge < -0.3 is 9.64 Å². The fourth-order valence-electron chi connectivity index (χ4n) is 2.86. The van der Waals surface area contributed by atoms with Crippen LogP contribution in [0.25, 0.3) is 10.9 Å². The molecule has 0 aliphatic rings. The Morgan fingerprint density at radius 1 is 1.15 bits per heavy atom. The molecule has 5 nitrogen and oxygen atoms in total. The highest BCUT2D eigenvalue weighted by atomic mass is 35.5. The van der Waals surface area contributed by atoms with Gasteiger partial charge in [-0.15, -0.1) is 0 Å². The summed E-state index contributed by atoms with van der Waals surface area (Å²) in [5.41, 5.74) is 1.58. The smallest absolute Gasteiger partial charge is 0.268 e. The normalized spacial score (nSPS) is 12.0. The zero-order chi connectivity index (χ0) is 18.9. The Hall–Kier alpha value is -2.02. The highest BCUT2D eigenvalue weighted by Crippen LogP contribution is 2.30. The van der Waals surface area contributed by atoms with Crippen LogP contribution >= 0.6 is 11.6 Å². The monoisotopic (exact) mass is 392 g/mol. The minimum atomic E-state index is -3.75.